The third-order valence-corrected chi connectivity index (χ3v) is 5.91. The quantitative estimate of drug-likeness (QED) is 0.375. The summed E-state index contributed by atoms with van der Waals surface area (Å²) < 4.78 is 21.7. The minimum Gasteiger partial charge on any atom is -0.493 e. The monoisotopic (exact) mass is 492 g/mol. The van der Waals surface area contributed by atoms with Gasteiger partial charge in [-0.3, -0.25) is 9.59 Å². The number of fused-ring (bicyclic) bond motifs is 1. The molecule has 4 rings (SSSR count). The van der Waals surface area contributed by atoms with Crippen molar-refractivity contribution in [3.63, 3.8) is 0 Å². The lowest BCUT2D eigenvalue weighted by Crippen LogP contribution is -2.32. The highest BCUT2D eigenvalue weighted by molar-refractivity contribution is 5.94. The summed E-state index contributed by atoms with van der Waals surface area (Å²) >= 11 is 0. The lowest BCUT2D eigenvalue weighted by molar-refractivity contribution is 0.0748. The zero-order chi connectivity index (χ0) is 25.8. The minimum absolute atomic E-state index is 0.124. The van der Waals surface area contributed by atoms with Crippen LogP contribution in [-0.2, 0) is 13.2 Å². The van der Waals surface area contributed by atoms with Crippen molar-refractivity contribution in [3.05, 3.63) is 75.2 Å². The summed E-state index contributed by atoms with van der Waals surface area (Å²) in [6.45, 7) is 6.37. The van der Waals surface area contributed by atoms with Crippen LogP contribution < -0.4 is 19.8 Å². The van der Waals surface area contributed by atoms with Crippen molar-refractivity contribution in [2.75, 3.05) is 20.8 Å². The Morgan fingerprint density at radius 2 is 1.86 bits per heavy atom. The Kier molecular flexibility index (Phi) is 7.23. The molecule has 1 amide bonds. The highest BCUT2D eigenvalue weighted by Gasteiger charge is 2.18. The van der Waals surface area contributed by atoms with E-state index in [1.807, 2.05) is 20.8 Å². The van der Waals surface area contributed by atoms with Gasteiger partial charge in [0, 0.05) is 18.2 Å². The molecule has 0 radical (unpaired) electrons. The fourth-order valence-electron chi connectivity index (χ4n) is 3.86. The van der Waals surface area contributed by atoms with Crippen molar-refractivity contribution in [1.82, 2.24) is 20.0 Å². The molecule has 36 heavy (non-hydrogen) atoms. The Bertz CT molecular complexity index is 1440. The van der Waals surface area contributed by atoms with E-state index in [-0.39, 0.29) is 24.6 Å². The van der Waals surface area contributed by atoms with E-state index in [2.05, 4.69) is 15.1 Å². The number of benzene rings is 2. The maximum atomic E-state index is 13.3. The van der Waals surface area contributed by atoms with E-state index in [4.69, 9.17) is 18.7 Å². The van der Waals surface area contributed by atoms with Gasteiger partial charge in [0.2, 0.25) is 0 Å². The van der Waals surface area contributed by atoms with E-state index >= 15 is 0 Å². The number of ether oxygens (including phenoxy) is 3. The van der Waals surface area contributed by atoms with Crippen LogP contribution in [0.2, 0.25) is 0 Å². The van der Waals surface area contributed by atoms with Crippen molar-refractivity contribution >= 4 is 16.8 Å². The van der Waals surface area contributed by atoms with Gasteiger partial charge in [-0.05, 0) is 45.0 Å². The number of hydrogen-bond acceptors (Lipinski definition) is 8. The average molecular weight is 493 g/mol. The van der Waals surface area contributed by atoms with Crippen LogP contribution in [0.15, 0.2) is 45.7 Å². The van der Waals surface area contributed by atoms with Crippen LogP contribution in [0, 0.1) is 13.8 Å². The van der Waals surface area contributed by atoms with E-state index < -0.39 is 0 Å². The summed E-state index contributed by atoms with van der Waals surface area (Å²) in [5.41, 5.74) is 2.23. The van der Waals surface area contributed by atoms with Crippen LogP contribution in [-0.4, -0.2) is 46.7 Å². The fraction of sp³-hybridized carbons (Fsp3) is 0.308. The fourth-order valence-corrected chi connectivity index (χ4v) is 3.86. The lowest BCUT2D eigenvalue weighted by atomic mass is 10.1. The van der Waals surface area contributed by atoms with Gasteiger partial charge in [0.25, 0.3) is 11.5 Å². The number of H-pyrrole nitrogens is 1. The lowest BCUT2D eigenvalue weighted by Gasteiger charge is -2.21. The largest absolute Gasteiger partial charge is 0.493 e. The Morgan fingerprint density at radius 3 is 2.53 bits per heavy atom. The van der Waals surface area contributed by atoms with Crippen LogP contribution >= 0.6 is 0 Å². The van der Waals surface area contributed by atoms with E-state index in [1.165, 1.54) is 14.2 Å². The van der Waals surface area contributed by atoms with Gasteiger partial charge in [0.15, 0.2) is 11.5 Å². The SMILES string of the molecule is CCN(Cc1nc2cc(OC)c(OC)cc2c(=O)[nH]1)C(=O)c1cccc(OCc2c(C)noc2C)c1. The second kappa shape index (κ2) is 10.5. The molecule has 0 aliphatic heterocycles. The molecule has 0 fully saturated rings. The van der Waals surface area contributed by atoms with Gasteiger partial charge in [0.1, 0.15) is 23.9 Å². The number of aromatic amines is 1. The first-order valence-corrected chi connectivity index (χ1v) is 11.4. The zero-order valence-corrected chi connectivity index (χ0v) is 20.9. The summed E-state index contributed by atoms with van der Waals surface area (Å²) in [7, 11) is 3.02. The highest BCUT2D eigenvalue weighted by Crippen LogP contribution is 2.30. The van der Waals surface area contributed by atoms with Crippen molar-refractivity contribution < 1.29 is 23.5 Å². The summed E-state index contributed by atoms with van der Waals surface area (Å²) in [4.78, 5) is 34.9. The smallest absolute Gasteiger partial charge is 0.258 e. The Balaban J connectivity index is 1.54. The Morgan fingerprint density at radius 1 is 1.11 bits per heavy atom. The molecule has 1 N–H and O–H groups in total. The number of aromatic nitrogens is 3. The molecule has 2 aromatic carbocycles. The molecule has 0 saturated carbocycles. The third-order valence-electron chi connectivity index (χ3n) is 5.91. The summed E-state index contributed by atoms with van der Waals surface area (Å²) in [6.07, 6.45) is 0. The van der Waals surface area contributed by atoms with E-state index in [1.54, 1.807) is 41.3 Å². The standard InChI is InChI=1S/C26H28N4O6/c1-6-30(13-24-27-21-12-23(34-5)22(33-4)11-19(21)25(31)28-24)26(32)17-8-7-9-18(10-17)35-14-20-15(2)29-36-16(20)3/h7-12H,6,13-14H2,1-5H3,(H,27,28,31). The van der Waals surface area contributed by atoms with E-state index in [9.17, 15) is 9.59 Å². The molecule has 2 aromatic heterocycles. The Hall–Kier alpha value is -4.34. The summed E-state index contributed by atoms with van der Waals surface area (Å²) in [5, 5.41) is 4.30. The second-order valence-electron chi connectivity index (χ2n) is 8.18. The molecule has 0 unspecified atom stereocenters. The first-order valence-electron chi connectivity index (χ1n) is 11.4. The van der Waals surface area contributed by atoms with Crippen molar-refractivity contribution in [2.24, 2.45) is 0 Å². The normalized spacial score (nSPS) is 10.9. The highest BCUT2D eigenvalue weighted by atomic mass is 16.5. The molecule has 0 spiro atoms. The summed E-state index contributed by atoms with van der Waals surface area (Å²) in [5.74, 6) is 2.30. The number of rotatable bonds is 9. The first-order chi connectivity index (χ1) is 17.3. The van der Waals surface area contributed by atoms with Gasteiger partial charge in [-0.15, -0.1) is 0 Å². The molecule has 0 aliphatic rings. The van der Waals surface area contributed by atoms with Gasteiger partial charge >= 0.3 is 0 Å². The number of methoxy groups -OCH3 is 2. The van der Waals surface area contributed by atoms with E-state index in [0.717, 1.165) is 11.3 Å². The first kappa shape index (κ1) is 24.8. The van der Waals surface area contributed by atoms with Gasteiger partial charge in [-0.25, -0.2) is 4.98 Å². The number of amides is 1. The number of aryl methyl sites for hydroxylation is 2. The predicted octanol–water partition coefficient (Wildman–Crippen LogP) is 3.79. The second-order valence-corrected chi connectivity index (χ2v) is 8.18. The molecule has 10 nitrogen and oxygen atoms in total. The number of carbonyl (C=O) groups is 1. The maximum absolute atomic E-state index is 13.3. The van der Waals surface area contributed by atoms with Gasteiger partial charge in [0.05, 0.1) is 42.9 Å². The third kappa shape index (κ3) is 5.02. The van der Waals surface area contributed by atoms with Gasteiger partial charge in [-0.2, -0.15) is 0 Å². The van der Waals surface area contributed by atoms with Crippen molar-refractivity contribution in [1.29, 1.82) is 0 Å². The van der Waals surface area contributed by atoms with Crippen LogP contribution in [0.4, 0.5) is 0 Å². The van der Waals surface area contributed by atoms with Gasteiger partial charge < -0.3 is 28.6 Å². The topological polar surface area (TPSA) is 120 Å². The van der Waals surface area contributed by atoms with E-state index in [0.29, 0.717) is 51.8 Å². The minimum atomic E-state index is -0.325. The number of hydrogen-bond donors (Lipinski definition) is 1. The van der Waals surface area contributed by atoms with Crippen LogP contribution in [0.5, 0.6) is 17.2 Å². The molecule has 0 saturated heterocycles. The molecular formula is C26H28N4O6. The molecule has 0 aliphatic carbocycles. The predicted molar refractivity (Wildman–Crippen MR) is 133 cm³/mol. The van der Waals surface area contributed by atoms with Crippen LogP contribution in [0.3, 0.4) is 0 Å². The molecule has 4 aromatic rings. The van der Waals surface area contributed by atoms with Crippen molar-refractivity contribution in [3.8, 4) is 17.2 Å². The molecule has 2 heterocycles. The summed E-state index contributed by atoms with van der Waals surface area (Å²) in [6, 6.07) is 10.2. The number of nitrogens with zero attached hydrogens (tertiary/aromatic N) is 3. The maximum Gasteiger partial charge on any atom is 0.258 e. The number of nitrogens with one attached hydrogen (secondary N) is 1. The average Bonchev–Trinajstić information content (AvgIpc) is 3.21. The molecule has 10 heteroatoms. The van der Waals surface area contributed by atoms with Crippen LogP contribution in [0.25, 0.3) is 10.9 Å². The van der Waals surface area contributed by atoms with Crippen molar-refractivity contribution in [2.45, 2.75) is 33.9 Å². The Labute approximate surface area is 207 Å². The molecule has 188 valence electrons. The zero-order valence-electron chi connectivity index (χ0n) is 20.9. The molecular weight excluding hydrogens is 464 g/mol. The molecule has 0 bridgehead atoms. The number of carbonyl (C=O) groups excluding carboxylic acids is 1. The molecule has 0 atom stereocenters. The van der Waals surface area contributed by atoms with Gasteiger partial charge in [-0.1, -0.05) is 11.2 Å². The van der Waals surface area contributed by atoms with Crippen LogP contribution in [0.1, 0.15) is 40.1 Å².